The van der Waals surface area contributed by atoms with Gasteiger partial charge in [-0.15, -0.1) is 0 Å². The van der Waals surface area contributed by atoms with Crippen molar-refractivity contribution in [1.29, 1.82) is 0 Å². The average molecular weight is 449 g/mol. The van der Waals surface area contributed by atoms with Crippen molar-refractivity contribution in [2.24, 2.45) is 0 Å². The van der Waals surface area contributed by atoms with Crippen LogP contribution in [0.3, 0.4) is 0 Å². The Balaban J connectivity index is 2.19. The lowest BCUT2D eigenvalue weighted by atomic mass is 10.1. The van der Waals surface area contributed by atoms with E-state index in [1.54, 1.807) is 31.2 Å². The number of nitrogens with zero attached hydrogens (tertiary/aromatic N) is 1. The summed E-state index contributed by atoms with van der Waals surface area (Å²) in [6.45, 7) is 2.01. The molecule has 0 bridgehead atoms. The van der Waals surface area contributed by atoms with E-state index in [4.69, 9.17) is 9.47 Å². The van der Waals surface area contributed by atoms with Crippen LogP contribution in [0, 0.1) is 0 Å². The number of carbonyl (C=O) groups excluding carboxylic acids is 2. The average Bonchev–Trinajstić information content (AvgIpc) is 2.72. The summed E-state index contributed by atoms with van der Waals surface area (Å²) >= 11 is 3.36. The smallest absolute Gasteiger partial charge is 0.261 e. The first-order valence-corrected chi connectivity index (χ1v) is 9.80. The van der Waals surface area contributed by atoms with Crippen LogP contribution in [0.4, 0.5) is 0 Å². The second-order valence-corrected chi connectivity index (χ2v) is 7.07. The van der Waals surface area contributed by atoms with Gasteiger partial charge in [-0.25, -0.2) is 0 Å². The van der Waals surface area contributed by atoms with E-state index in [1.165, 1.54) is 0 Å². The molecule has 150 valence electrons. The summed E-state index contributed by atoms with van der Waals surface area (Å²) in [7, 11) is 3.16. The molecule has 0 aliphatic rings. The lowest BCUT2D eigenvalue weighted by Crippen LogP contribution is -2.49. The standard InChI is InChI=1S/C21H25BrN2O4/c1-4-19(21(26)23-2)24(13-15-6-5-7-18(12-15)27-3)20(25)14-28-17-10-8-16(22)9-11-17/h5-12,19H,4,13-14H2,1-3H3,(H,23,26)/t19-/m1/s1. The topological polar surface area (TPSA) is 67.9 Å². The molecule has 0 heterocycles. The summed E-state index contributed by atoms with van der Waals surface area (Å²) < 4.78 is 11.8. The van der Waals surface area contributed by atoms with Crippen LogP contribution in [-0.4, -0.2) is 43.5 Å². The van der Waals surface area contributed by atoms with E-state index in [0.29, 0.717) is 17.9 Å². The van der Waals surface area contributed by atoms with Crippen LogP contribution >= 0.6 is 15.9 Å². The number of ether oxygens (including phenoxy) is 2. The highest BCUT2D eigenvalue weighted by Gasteiger charge is 2.28. The van der Waals surface area contributed by atoms with Crippen LogP contribution in [0.5, 0.6) is 11.5 Å². The first kappa shape index (κ1) is 21.8. The van der Waals surface area contributed by atoms with E-state index < -0.39 is 6.04 Å². The normalized spacial score (nSPS) is 11.4. The van der Waals surface area contributed by atoms with Gasteiger partial charge in [0.2, 0.25) is 5.91 Å². The minimum absolute atomic E-state index is 0.154. The van der Waals surface area contributed by atoms with Gasteiger partial charge >= 0.3 is 0 Å². The molecule has 0 aromatic heterocycles. The van der Waals surface area contributed by atoms with Crippen molar-refractivity contribution in [3.05, 3.63) is 58.6 Å². The van der Waals surface area contributed by atoms with Crippen LogP contribution in [0.25, 0.3) is 0 Å². The zero-order chi connectivity index (χ0) is 20.5. The molecule has 0 unspecified atom stereocenters. The fraction of sp³-hybridized carbons (Fsp3) is 0.333. The number of carbonyl (C=O) groups is 2. The van der Waals surface area contributed by atoms with E-state index in [1.807, 2.05) is 43.3 Å². The van der Waals surface area contributed by atoms with Crippen LogP contribution in [-0.2, 0) is 16.1 Å². The largest absolute Gasteiger partial charge is 0.497 e. The molecule has 2 amide bonds. The monoisotopic (exact) mass is 448 g/mol. The van der Waals surface area contributed by atoms with E-state index in [0.717, 1.165) is 10.0 Å². The van der Waals surface area contributed by atoms with Gasteiger partial charge in [0.25, 0.3) is 5.91 Å². The van der Waals surface area contributed by atoms with Gasteiger partial charge in [-0.2, -0.15) is 0 Å². The molecule has 28 heavy (non-hydrogen) atoms. The lowest BCUT2D eigenvalue weighted by molar-refractivity contribution is -0.142. The van der Waals surface area contributed by atoms with Crippen LogP contribution in [0.15, 0.2) is 53.0 Å². The number of likely N-dealkylation sites (N-methyl/N-ethyl adjacent to an activating group) is 1. The number of benzene rings is 2. The first-order chi connectivity index (χ1) is 13.5. The fourth-order valence-corrected chi connectivity index (χ4v) is 3.08. The van der Waals surface area contributed by atoms with Crippen molar-refractivity contribution in [1.82, 2.24) is 10.2 Å². The molecule has 2 aromatic carbocycles. The molecule has 0 radical (unpaired) electrons. The highest BCUT2D eigenvalue weighted by atomic mass is 79.9. The second kappa shape index (κ2) is 10.7. The van der Waals surface area contributed by atoms with Crippen molar-refractivity contribution < 1.29 is 19.1 Å². The molecule has 0 fully saturated rings. The number of halogens is 1. The van der Waals surface area contributed by atoms with Crippen LogP contribution < -0.4 is 14.8 Å². The molecule has 7 heteroatoms. The van der Waals surface area contributed by atoms with Crippen LogP contribution in [0.2, 0.25) is 0 Å². The van der Waals surface area contributed by atoms with Crippen molar-refractivity contribution in [2.75, 3.05) is 20.8 Å². The number of hydrogen-bond donors (Lipinski definition) is 1. The van der Waals surface area contributed by atoms with Crippen molar-refractivity contribution in [3.8, 4) is 11.5 Å². The van der Waals surface area contributed by atoms with E-state index in [2.05, 4.69) is 21.2 Å². The molecule has 0 spiro atoms. The third kappa shape index (κ3) is 5.99. The molecule has 2 aromatic rings. The maximum Gasteiger partial charge on any atom is 0.261 e. The lowest BCUT2D eigenvalue weighted by Gasteiger charge is -2.30. The zero-order valence-electron chi connectivity index (χ0n) is 16.3. The van der Waals surface area contributed by atoms with Gasteiger partial charge in [-0.3, -0.25) is 9.59 Å². The molecule has 6 nitrogen and oxygen atoms in total. The summed E-state index contributed by atoms with van der Waals surface area (Å²) in [5.74, 6) is 0.818. The highest BCUT2D eigenvalue weighted by molar-refractivity contribution is 9.10. The number of nitrogens with one attached hydrogen (secondary N) is 1. The summed E-state index contributed by atoms with van der Waals surface area (Å²) in [6.07, 6.45) is 0.494. The Labute approximate surface area is 174 Å². The van der Waals surface area contributed by atoms with Gasteiger partial charge in [-0.1, -0.05) is 35.0 Å². The van der Waals surface area contributed by atoms with Crippen molar-refractivity contribution >= 4 is 27.7 Å². The predicted molar refractivity (Wildman–Crippen MR) is 111 cm³/mol. The van der Waals surface area contributed by atoms with Crippen molar-refractivity contribution in [3.63, 3.8) is 0 Å². The summed E-state index contributed by atoms with van der Waals surface area (Å²) in [5, 5.41) is 2.64. The second-order valence-electron chi connectivity index (χ2n) is 6.15. The molecule has 2 rings (SSSR count). The Bertz CT molecular complexity index is 795. The SMILES string of the molecule is CC[C@H](C(=O)NC)N(Cc1cccc(OC)c1)C(=O)COc1ccc(Br)cc1. The number of hydrogen-bond acceptors (Lipinski definition) is 4. The van der Waals surface area contributed by atoms with Crippen LogP contribution in [0.1, 0.15) is 18.9 Å². The molecule has 1 N–H and O–H groups in total. The molecule has 0 aliphatic carbocycles. The number of methoxy groups -OCH3 is 1. The van der Waals surface area contributed by atoms with E-state index in [9.17, 15) is 9.59 Å². The molecular weight excluding hydrogens is 424 g/mol. The summed E-state index contributed by atoms with van der Waals surface area (Å²) in [4.78, 5) is 26.8. The molecular formula is C21H25BrN2O4. The minimum atomic E-state index is -0.586. The van der Waals surface area contributed by atoms with E-state index >= 15 is 0 Å². The predicted octanol–water partition coefficient (Wildman–Crippen LogP) is 3.39. The number of rotatable bonds is 9. The van der Waals surface area contributed by atoms with Gasteiger partial charge in [0.05, 0.1) is 7.11 Å². The Hall–Kier alpha value is -2.54. The number of amides is 2. The fourth-order valence-electron chi connectivity index (χ4n) is 2.81. The quantitative estimate of drug-likeness (QED) is 0.638. The molecule has 1 atom stereocenters. The third-order valence-corrected chi connectivity index (χ3v) is 4.82. The minimum Gasteiger partial charge on any atom is -0.497 e. The molecule has 0 saturated carbocycles. The summed E-state index contributed by atoms with van der Waals surface area (Å²) in [5.41, 5.74) is 0.874. The van der Waals surface area contributed by atoms with Gasteiger partial charge in [-0.05, 0) is 48.4 Å². The maximum absolute atomic E-state index is 12.9. The van der Waals surface area contributed by atoms with Gasteiger partial charge in [0.15, 0.2) is 6.61 Å². The Morgan fingerprint density at radius 2 is 1.86 bits per heavy atom. The molecule has 0 saturated heterocycles. The Kier molecular flexibility index (Phi) is 8.32. The first-order valence-electron chi connectivity index (χ1n) is 9.00. The van der Waals surface area contributed by atoms with Gasteiger partial charge in [0, 0.05) is 18.1 Å². The Morgan fingerprint density at radius 1 is 1.14 bits per heavy atom. The van der Waals surface area contributed by atoms with Crippen molar-refractivity contribution in [2.45, 2.75) is 25.9 Å². The highest BCUT2D eigenvalue weighted by Crippen LogP contribution is 2.19. The summed E-state index contributed by atoms with van der Waals surface area (Å²) in [6, 6.07) is 14.1. The van der Waals surface area contributed by atoms with Gasteiger partial charge < -0.3 is 19.7 Å². The molecule has 0 aliphatic heterocycles. The maximum atomic E-state index is 12.9. The van der Waals surface area contributed by atoms with E-state index in [-0.39, 0.29) is 25.0 Å². The van der Waals surface area contributed by atoms with Gasteiger partial charge in [0.1, 0.15) is 17.5 Å². The Morgan fingerprint density at radius 3 is 2.46 bits per heavy atom. The third-order valence-electron chi connectivity index (χ3n) is 4.30. The zero-order valence-corrected chi connectivity index (χ0v) is 17.9.